The number of alkyl halides is 1. The summed E-state index contributed by atoms with van der Waals surface area (Å²) in [5.74, 6) is 1.66. The number of allylic oxidation sites excluding steroid dienone is 1. The second-order valence-electron chi connectivity index (χ2n) is 9.55. The number of methoxy groups -OCH3 is 2. The normalized spacial score (nSPS) is 21.4. The average molecular weight is 500 g/mol. The molecule has 2 aliphatic rings. The highest BCUT2D eigenvalue weighted by Gasteiger charge is 2.43. The summed E-state index contributed by atoms with van der Waals surface area (Å²) in [6.07, 6.45) is 4.85. The molecule has 4 rings (SSSR count). The summed E-state index contributed by atoms with van der Waals surface area (Å²) in [4.78, 5) is 28.2. The predicted octanol–water partition coefficient (Wildman–Crippen LogP) is 3.46. The van der Waals surface area contributed by atoms with E-state index in [1.807, 2.05) is 18.7 Å². The van der Waals surface area contributed by atoms with Crippen molar-refractivity contribution >= 4 is 17.9 Å². The number of halogens is 1. The number of aromatic amines is 1. The number of carbonyl (C=O) groups is 1. The minimum Gasteiger partial charge on any atom is -0.481 e. The Bertz CT molecular complexity index is 1160. The van der Waals surface area contributed by atoms with Gasteiger partial charge in [-0.3, -0.25) is 9.89 Å². The molecule has 1 saturated heterocycles. The summed E-state index contributed by atoms with van der Waals surface area (Å²) in [6.45, 7) is 6.56. The van der Waals surface area contributed by atoms with Crippen molar-refractivity contribution in [2.24, 2.45) is 10.9 Å². The quantitative estimate of drug-likeness (QED) is 0.422. The lowest BCUT2D eigenvalue weighted by Gasteiger charge is -2.36. The molecule has 10 nitrogen and oxygen atoms in total. The van der Waals surface area contributed by atoms with Gasteiger partial charge >= 0.3 is 6.01 Å². The van der Waals surface area contributed by atoms with Gasteiger partial charge < -0.3 is 19.7 Å². The predicted molar refractivity (Wildman–Crippen MR) is 135 cm³/mol. The number of carbonyl (C=O) groups excluding carboxylic acids is 1. The summed E-state index contributed by atoms with van der Waals surface area (Å²) < 4.78 is 23.3. The number of likely N-dealkylation sites (tertiary alicyclic amines) is 1. The molecular weight excluding hydrogens is 465 g/mol. The first kappa shape index (κ1) is 25.6. The van der Waals surface area contributed by atoms with Gasteiger partial charge in [-0.1, -0.05) is 6.92 Å². The molecule has 11 heteroatoms. The highest BCUT2D eigenvalue weighted by atomic mass is 19.1. The maximum Gasteiger partial charge on any atom is 0.335 e. The maximum atomic E-state index is 13.2. The molecule has 0 aromatic carbocycles. The van der Waals surface area contributed by atoms with Gasteiger partial charge in [-0.05, 0) is 57.2 Å². The molecule has 2 aromatic heterocycles. The molecule has 0 aliphatic carbocycles. The SMILES string of the molecule is CO/C(=C/C[C@@H](C)C(=O)N1CC[C@]2(CCc3cc(-c4nc(OC)n[nH]4)c(C)nc3N2)C1)N=CC(C)F. The van der Waals surface area contributed by atoms with Crippen LogP contribution < -0.4 is 10.1 Å². The van der Waals surface area contributed by atoms with E-state index in [0.29, 0.717) is 37.2 Å². The lowest BCUT2D eigenvalue weighted by Crippen LogP contribution is -2.46. The maximum absolute atomic E-state index is 13.2. The Balaban J connectivity index is 1.41. The first-order valence-corrected chi connectivity index (χ1v) is 12.2. The topological polar surface area (TPSA) is 118 Å². The second-order valence-corrected chi connectivity index (χ2v) is 9.55. The summed E-state index contributed by atoms with van der Waals surface area (Å²) in [6, 6.07) is 2.39. The van der Waals surface area contributed by atoms with Crippen LogP contribution in [0.2, 0.25) is 0 Å². The zero-order chi connectivity index (χ0) is 25.9. The van der Waals surface area contributed by atoms with E-state index in [1.165, 1.54) is 27.4 Å². The van der Waals surface area contributed by atoms with Crippen LogP contribution in [0.4, 0.5) is 10.2 Å². The van der Waals surface area contributed by atoms with Crippen LogP contribution in [0.15, 0.2) is 23.0 Å². The minimum atomic E-state index is -1.16. The van der Waals surface area contributed by atoms with E-state index in [1.54, 1.807) is 6.08 Å². The van der Waals surface area contributed by atoms with Crippen LogP contribution in [0, 0.1) is 12.8 Å². The Labute approximate surface area is 210 Å². The number of amides is 1. The van der Waals surface area contributed by atoms with Crippen LogP contribution in [0.5, 0.6) is 6.01 Å². The Morgan fingerprint density at radius 3 is 2.83 bits per heavy atom. The standard InChI is InChI=1S/C25H34FN7O3/c1-15(6-7-20(35-4)27-13-16(2)26)23(34)33-11-10-25(14-33)9-8-18-12-19(17(3)28-21(18)30-25)22-29-24(36-5)32-31-22/h7,12-13,15-16H,6,8-11,14H2,1-5H3,(H,28,30)(H,29,31,32)/b20-7+,27-13?/t15-,16?,25-/m1/s1. The van der Waals surface area contributed by atoms with Crippen molar-refractivity contribution in [2.45, 2.75) is 58.2 Å². The Morgan fingerprint density at radius 2 is 2.14 bits per heavy atom. The molecule has 0 bridgehead atoms. The van der Waals surface area contributed by atoms with Crippen molar-refractivity contribution in [2.75, 3.05) is 32.6 Å². The Morgan fingerprint density at radius 1 is 1.33 bits per heavy atom. The van der Waals surface area contributed by atoms with Gasteiger partial charge in [0.1, 0.15) is 12.0 Å². The molecule has 0 radical (unpaired) electrons. The highest BCUT2D eigenvalue weighted by molar-refractivity contribution is 5.79. The van der Waals surface area contributed by atoms with E-state index < -0.39 is 6.17 Å². The molecule has 2 aliphatic heterocycles. The van der Waals surface area contributed by atoms with Crippen molar-refractivity contribution in [1.29, 1.82) is 0 Å². The number of aliphatic imine (C=N–C) groups is 1. The summed E-state index contributed by atoms with van der Waals surface area (Å²) in [5.41, 5.74) is 2.67. The first-order valence-electron chi connectivity index (χ1n) is 12.2. The zero-order valence-corrected chi connectivity index (χ0v) is 21.5. The Hall–Kier alpha value is -3.50. The largest absolute Gasteiger partial charge is 0.481 e. The lowest BCUT2D eigenvalue weighted by molar-refractivity contribution is -0.134. The molecule has 194 valence electrons. The fourth-order valence-electron chi connectivity index (χ4n) is 4.75. The molecular formula is C25H34FN7O3. The summed E-state index contributed by atoms with van der Waals surface area (Å²) in [5, 5.41) is 10.6. The molecule has 36 heavy (non-hydrogen) atoms. The van der Waals surface area contributed by atoms with Gasteiger partial charge in [0.2, 0.25) is 11.8 Å². The number of H-pyrrole nitrogens is 1. The molecule has 1 unspecified atom stereocenters. The van der Waals surface area contributed by atoms with Crippen molar-refractivity contribution in [3.8, 4) is 17.4 Å². The van der Waals surface area contributed by atoms with E-state index in [2.05, 4.69) is 31.6 Å². The smallest absolute Gasteiger partial charge is 0.335 e. The van der Waals surface area contributed by atoms with Gasteiger partial charge in [0.15, 0.2) is 5.82 Å². The van der Waals surface area contributed by atoms with E-state index in [0.717, 1.165) is 41.9 Å². The zero-order valence-electron chi connectivity index (χ0n) is 21.5. The van der Waals surface area contributed by atoms with E-state index in [-0.39, 0.29) is 17.4 Å². The van der Waals surface area contributed by atoms with Crippen LogP contribution >= 0.6 is 0 Å². The van der Waals surface area contributed by atoms with E-state index >= 15 is 0 Å². The average Bonchev–Trinajstić information content (AvgIpc) is 3.50. The van der Waals surface area contributed by atoms with Crippen LogP contribution in [-0.2, 0) is 16.0 Å². The molecule has 0 saturated carbocycles. The lowest BCUT2D eigenvalue weighted by atomic mass is 9.86. The molecule has 2 N–H and O–H groups in total. The molecule has 1 amide bonds. The number of aromatic nitrogens is 4. The van der Waals surface area contributed by atoms with E-state index in [4.69, 9.17) is 14.5 Å². The fraction of sp³-hybridized carbons (Fsp3) is 0.560. The van der Waals surface area contributed by atoms with Gasteiger partial charge in [-0.25, -0.2) is 14.4 Å². The van der Waals surface area contributed by atoms with Crippen molar-refractivity contribution in [3.63, 3.8) is 0 Å². The number of rotatable bonds is 8. The third-order valence-corrected chi connectivity index (χ3v) is 6.80. The van der Waals surface area contributed by atoms with Gasteiger partial charge in [0.05, 0.1) is 25.5 Å². The third kappa shape index (κ3) is 5.50. The van der Waals surface area contributed by atoms with Crippen molar-refractivity contribution in [3.05, 3.63) is 29.3 Å². The number of aryl methyl sites for hydroxylation is 2. The van der Waals surface area contributed by atoms with Gasteiger partial charge in [-0.2, -0.15) is 4.98 Å². The third-order valence-electron chi connectivity index (χ3n) is 6.80. The van der Waals surface area contributed by atoms with Crippen molar-refractivity contribution in [1.82, 2.24) is 25.1 Å². The fourth-order valence-corrected chi connectivity index (χ4v) is 4.75. The molecule has 1 spiro atoms. The number of hydrogen-bond donors (Lipinski definition) is 2. The number of anilines is 1. The van der Waals surface area contributed by atoms with E-state index in [9.17, 15) is 9.18 Å². The minimum absolute atomic E-state index is 0.0905. The molecule has 2 aromatic rings. The Kier molecular flexibility index (Phi) is 7.56. The first-order chi connectivity index (χ1) is 17.2. The van der Waals surface area contributed by atoms with Crippen LogP contribution in [-0.4, -0.2) is 76.2 Å². The molecule has 4 heterocycles. The van der Waals surface area contributed by atoms with Crippen LogP contribution in [0.3, 0.4) is 0 Å². The highest BCUT2D eigenvalue weighted by Crippen LogP contribution is 2.38. The number of hydrogen-bond acceptors (Lipinski definition) is 8. The number of ether oxygens (including phenoxy) is 2. The molecule has 1 fully saturated rings. The number of nitrogens with zero attached hydrogens (tertiary/aromatic N) is 5. The van der Waals surface area contributed by atoms with Gasteiger partial charge in [-0.15, -0.1) is 5.10 Å². The second kappa shape index (κ2) is 10.6. The number of nitrogens with one attached hydrogen (secondary N) is 2. The summed E-state index contributed by atoms with van der Waals surface area (Å²) in [7, 11) is 3.01. The van der Waals surface area contributed by atoms with Gasteiger partial charge in [0, 0.05) is 30.8 Å². The van der Waals surface area contributed by atoms with Crippen LogP contribution in [0.25, 0.3) is 11.4 Å². The number of pyridine rings is 1. The molecule has 3 atom stereocenters. The van der Waals surface area contributed by atoms with Crippen LogP contribution in [0.1, 0.15) is 44.4 Å². The van der Waals surface area contributed by atoms with Crippen molar-refractivity contribution < 1.29 is 18.7 Å². The summed E-state index contributed by atoms with van der Waals surface area (Å²) >= 11 is 0. The van der Waals surface area contributed by atoms with Gasteiger partial charge in [0.25, 0.3) is 0 Å². The monoisotopic (exact) mass is 499 g/mol. The number of fused-ring (bicyclic) bond motifs is 1.